The van der Waals surface area contributed by atoms with Crippen LogP contribution in [0.4, 0.5) is 45.5 Å². The fourth-order valence-electron chi connectivity index (χ4n) is 8.01. The molecule has 0 bridgehead atoms. The van der Waals surface area contributed by atoms with Crippen molar-refractivity contribution in [2.45, 2.75) is 68.6 Å². The van der Waals surface area contributed by atoms with Gasteiger partial charge in [0.1, 0.15) is 34.8 Å². The van der Waals surface area contributed by atoms with E-state index in [2.05, 4.69) is 45.9 Å². The first-order valence-electron chi connectivity index (χ1n) is 24.5. The lowest BCUT2D eigenvalue weighted by atomic mass is 10.1. The average Bonchev–Trinajstić information content (AvgIpc) is 1.71. The third-order valence-corrected chi connectivity index (χ3v) is 18.1. The fourth-order valence-corrected chi connectivity index (χ4v) is 12.7. The Bertz CT molecular complexity index is 4470. The molecular formula is C51H49ClN12O14S6. The van der Waals surface area contributed by atoms with Crippen molar-refractivity contribution in [3.63, 3.8) is 0 Å². The first kappa shape index (κ1) is 64.2. The van der Waals surface area contributed by atoms with Crippen LogP contribution in [0.1, 0.15) is 58.2 Å². The van der Waals surface area contributed by atoms with Crippen LogP contribution in [0.3, 0.4) is 0 Å². The molecule has 84 heavy (non-hydrogen) atoms. The summed E-state index contributed by atoms with van der Waals surface area (Å²) in [6, 6.07) is 20.6. The largest absolute Gasteiger partial charge is 0.493 e. The van der Waals surface area contributed by atoms with Crippen molar-refractivity contribution in [2.24, 2.45) is 40.9 Å². The maximum Gasteiger partial charge on any atom is 0.294 e. The van der Waals surface area contributed by atoms with Gasteiger partial charge in [-0.05, 0) is 148 Å². The Balaban J connectivity index is 1.27. The number of nitriles is 2. The summed E-state index contributed by atoms with van der Waals surface area (Å²) in [4.78, 5) is 4.97. The van der Waals surface area contributed by atoms with Gasteiger partial charge in [-0.15, -0.1) is 49.1 Å². The van der Waals surface area contributed by atoms with Crippen molar-refractivity contribution in [1.29, 1.82) is 10.5 Å². The summed E-state index contributed by atoms with van der Waals surface area (Å²) in [7, 11) is -17.6. The van der Waals surface area contributed by atoms with Crippen LogP contribution in [0.15, 0.2) is 122 Å². The maximum absolute atomic E-state index is 12.1. The van der Waals surface area contributed by atoms with Crippen LogP contribution in [0.2, 0.25) is 5.02 Å². The van der Waals surface area contributed by atoms with E-state index in [9.17, 15) is 67.5 Å². The zero-order valence-corrected chi connectivity index (χ0v) is 50.5. The van der Waals surface area contributed by atoms with E-state index >= 15 is 0 Å². The smallest absolute Gasteiger partial charge is 0.294 e. The van der Waals surface area contributed by atoms with Crippen LogP contribution in [-0.4, -0.2) is 102 Å². The van der Waals surface area contributed by atoms with Gasteiger partial charge in [0.2, 0.25) is 5.88 Å². The van der Waals surface area contributed by atoms with Gasteiger partial charge in [-0.1, -0.05) is 11.6 Å². The number of hydrogen-bond acceptors (Lipinski definition) is 23. The van der Waals surface area contributed by atoms with Gasteiger partial charge in [0, 0.05) is 26.4 Å². The summed E-state index contributed by atoms with van der Waals surface area (Å²) in [5.74, 6) is -1.80. The highest BCUT2D eigenvalue weighted by atomic mass is 35.5. The van der Waals surface area contributed by atoms with Crippen LogP contribution < -0.4 is 4.74 Å². The van der Waals surface area contributed by atoms with Gasteiger partial charge in [0.15, 0.2) is 11.3 Å². The van der Waals surface area contributed by atoms with Gasteiger partial charge < -0.3 is 9.84 Å². The predicted octanol–water partition coefficient (Wildman–Crippen LogP) is 13.4. The number of thioether (sulfide) groups is 2. The number of hydrogen-bond donors (Lipinski definition) is 5. The Morgan fingerprint density at radius 2 is 1.07 bits per heavy atom. The van der Waals surface area contributed by atoms with E-state index in [-0.39, 0.29) is 110 Å². The third kappa shape index (κ3) is 16.5. The number of ether oxygens (including phenoxy) is 1. The molecule has 0 saturated carbocycles. The number of pyridine rings is 1. The van der Waals surface area contributed by atoms with Crippen molar-refractivity contribution in [3.8, 4) is 23.8 Å². The van der Waals surface area contributed by atoms with E-state index in [1.807, 2.05) is 12.1 Å². The molecule has 5 N–H and O–H groups in total. The third-order valence-electron chi connectivity index (χ3n) is 12.2. The molecule has 7 aromatic rings. The molecule has 0 unspecified atom stereocenters. The standard InChI is InChI=1S/C51H49ClN12O14S6/c1-28-19-40(60-63-49-31(4)35(27-54)50-55-48-32(5)47(84(75,76)77)12-11-43(48)64(50)51(49)65)44(78-13-6-16-81(66,67)68)23-37(28)57-61-41-21-30(3)39(25-46(41)80-15-8-18-83(72,73)74)59-62-42-20-29(2)38(24-45(42)79-14-7-17-82(69,70)71)58-56-36-10-9-34(52)22-33(36)26-53/h9-12,19-25,65H,6-8,13-18H2,1-5H3,(H,66,67,68)(H,69,70,71)(H,72,73,74)(H,75,76,77). The van der Waals surface area contributed by atoms with Crippen molar-refractivity contribution in [1.82, 2.24) is 9.38 Å². The first-order chi connectivity index (χ1) is 39.4. The Morgan fingerprint density at radius 1 is 0.583 bits per heavy atom. The molecule has 26 nitrogen and oxygen atoms in total. The summed E-state index contributed by atoms with van der Waals surface area (Å²) in [6.45, 7) is 7.74. The molecule has 0 spiro atoms. The van der Waals surface area contributed by atoms with Gasteiger partial charge >= 0.3 is 0 Å². The van der Waals surface area contributed by atoms with E-state index in [4.69, 9.17) is 16.3 Å². The Hall–Kier alpha value is -7.34. The van der Waals surface area contributed by atoms with Gasteiger partial charge in [-0.25, -0.2) is 4.98 Å². The van der Waals surface area contributed by atoms with Gasteiger partial charge in [-0.3, -0.25) is 22.6 Å². The number of aromatic hydroxyl groups is 1. The van der Waals surface area contributed by atoms with E-state index in [0.29, 0.717) is 48.6 Å². The van der Waals surface area contributed by atoms with Crippen LogP contribution in [0, 0.1) is 57.3 Å². The molecule has 33 heteroatoms. The number of rotatable bonds is 24. The quantitative estimate of drug-likeness (QED) is 0.0162. The van der Waals surface area contributed by atoms with Gasteiger partial charge in [-0.2, -0.15) is 59.5 Å². The van der Waals surface area contributed by atoms with E-state index in [1.165, 1.54) is 66.0 Å². The van der Waals surface area contributed by atoms with Gasteiger partial charge in [0.25, 0.3) is 40.5 Å². The fraction of sp³-hybridized carbons (Fsp3) is 0.275. The average molecular weight is 1280 g/mol. The van der Waals surface area contributed by atoms with Crippen molar-refractivity contribution >= 4 is 138 Å². The van der Waals surface area contributed by atoms with Crippen LogP contribution >= 0.6 is 35.1 Å². The van der Waals surface area contributed by atoms with Gasteiger partial charge in [0.05, 0.1) is 73.8 Å². The van der Waals surface area contributed by atoms with Crippen LogP contribution in [-0.2, 0) is 40.5 Å². The number of fused-ring (bicyclic) bond motifs is 3. The second-order valence-corrected chi connectivity index (χ2v) is 27.3. The maximum atomic E-state index is 12.1. The minimum absolute atomic E-state index is 0.0162. The highest BCUT2D eigenvalue weighted by Crippen LogP contribution is 2.44. The van der Waals surface area contributed by atoms with E-state index in [0.717, 1.165) is 6.07 Å². The first-order valence-corrected chi connectivity index (χ1v) is 33.2. The van der Waals surface area contributed by atoms with Crippen molar-refractivity contribution in [3.05, 3.63) is 111 Å². The Kier molecular flexibility index (Phi) is 20.4. The minimum atomic E-state index is -4.67. The zero-order valence-electron chi connectivity index (χ0n) is 44.8. The molecule has 7 rings (SSSR count). The molecule has 2 aromatic heterocycles. The Labute approximate surface area is 495 Å². The number of benzene rings is 5. The molecule has 0 fully saturated rings. The highest BCUT2D eigenvalue weighted by molar-refractivity contribution is 7.99. The molecule has 440 valence electrons. The molecule has 0 radical (unpaired) electrons. The molecule has 0 aliphatic carbocycles. The van der Waals surface area contributed by atoms with Crippen molar-refractivity contribution in [2.75, 3.05) is 35.4 Å². The Morgan fingerprint density at radius 3 is 1.58 bits per heavy atom. The predicted molar refractivity (Wildman–Crippen MR) is 315 cm³/mol. The molecule has 0 amide bonds. The lowest BCUT2D eigenvalue weighted by Crippen LogP contribution is -2.08. The summed E-state index contributed by atoms with van der Waals surface area (Å²) in [5, 5.41) is 67.5. The summed E-state index contributed by atoms with van der Waals surface area (Å²) < 4.78 is 139. The summed E-state index contributed by atoms with van der Waals surface area (Å²) in [5.41, 5.74) is 3.81. The number of nitrogens with zero attached hydrogens (tertiary/aromatic N) is 12. The molecule has 0 atom stereocenters. The SMILES string of the molecule is Cc1cc(N=Nc2cc(SCCCS(=O)(=O)O)c(N=Nc3cc(OCCCS(=O)(=O)O)c(N=Nc4c(C)c(C#N)c5nc6c(C)c(S(=O)(=O)O)ccc6n5c4O)cc3C)cc2C)c(SCCCS(=O)(=O)O)cc1N=Nc1ccc(Cl)cc1C#N. The monoisotopic (exact) mass is 1280 g/mol. The molecule has 0 saturated heterocycles. The lowest BCUT2D eigenvalue weighted by molar-refractivity contribution is 0.317. The second kappa shape index (κ2) is 26.7. The number of aromatic nitrogens is 2. The lowest BCUT2D eigenvalue weighted by Gasteiger charge is -2.12. The van der Waals surface area contributed by atoms with E-state index in [1.54, 1.807) is 57.2 Å². The highest BCUT2D eigenvalue weighted by Gasteiger charge is 2.25. The van der Waals surface area contributed by atoms with E-state index < -0.39 is 68.5 Å². The number of azo groups is 4. The number of halogens is 1. The summed E-state index contributed by atoms with van der Waals surface area (Å²) in [6.07, 6.45) is -0.0448. The normalized spacial score (nSPS) is 12.7. The molecule has 0 aliphatic rings. The van der Waals surface area contributed by atoms with Crippen LogP contribution in [0.5, 0.6) is 11.6 Å². The molecular weight excluding hydrogens is 1230 g/mol. The van der Waals surface area contributed by atoms with Crippen LogP contribution in [0.25, 0.3) is 16.7 Å². The second-order valence-electron chi connectivity index (χ2n) is 18.4. The topological polar surface area (TPSA) is 411 Å². The molecule has 5 aromatic carbocycles. The zero-order chi connectivity index (χ0) is 61.5. The van der Waals surface area contributed by atoms with Crippen molar-refractivity contribution < 1.29 is 61.7 Å². The number of aryl methyl sites for hydroxylation is 4. The number of imidazole rings is 1. The molecule has 0 aliphatic heterocycles. The summed E-state index contributed by atoms with van der Waals surface area (Å²) >= 11 is 8.46. The molecule has 2 heterocycles. The minimum Gasteiger partial charge on any atom is -0.493 e.